The van der Waals surface area contributed by atoms with Crippen molar-refractivity contribution in [3.8, 4) is 0 Å². The molecule has 0 aliphatic rings. The Balaban J connectivity index is -0.0000000542. The highest BCUT2D eigenvalue weighted by Gasteiger charge is 1.70. The van der Waals surface area contributed by atoms with Crippen LogP contribution in [-0.4, -0.2) is 32.7 Å². The zero-order chi connectivity index (χ0) is 13.4. The van der Waals surface area contributed by atoms with Gasteiger partial charge in [0.25, 0.3) is 0 Å². The highest BCUT2D eigenvalue weighted by molar-refractivity contribution is 5.53. The van der Waals surface area contributed by atoms with Gasteiger partial charge in [-0.2, -0.15) is 0 Å². The molecule has 0 heterocycles. The summed E-state index contributed by atoms with van der Waals surface area (Å²) in [6.07, 6.45) is -1.92. The molecule has 0 atom stereocenters. The first kappa shape index (κ1) is 23.3. The molecule has 0 aliphatic carbocycles. The first-order valence-corrected chi connectivity index (χ1v) is 4.02. The lowest BCUT2D eigenvalue weighted by molar-refractivity contribution is 0.135. The highest BCUT2D eigenvalue weighted by atomic mass is 16.6. The fourth-order valence-electron chi connectivity index (χ4n) is 0. The van der Waals surface area contributed by atoms with Gasteiger partial charge in [-0.15, -0.1) is 6.58 Å². The summed E-state index contributed by atoms with van der Waals surface area (Å²) in [5.41, 5.74) is 0. The van der Waals surface area contributed by atoms with Gasteiger partial charge in [0, 0.05) is 0 Å². The molecule has 0 aromatic carbocycles. The molecule has 0 aliphatic heterocycles. The van der Waals surface area contributed by atoms with Crippen LogP contribution in [0.25, 0.3) is 0 Å². The molecule has 4 N–H and O–H groups in total. The zero-order valence-electron chi connectivity index (χ0n) is 9.47. The second-order valence-electron chi connectivity index (χ2n) is 2.71. The molecule has 0 spiro atoms. The van der Waals surface area contributed by atoms with Gasteiger partial charge in [-0.1, -0.05) is 26.8 Å². The van der Waals surface area contributed by atoms with E-state index in [-0.39, 0.29) is 0 Å². The van der Waals surface area contributed by atoms with Crippen molar-refractivity contribution in [2.24, 2.45) is 5.92 Å². The average molecular weight is 224 g/mol. The number of allylic oxidation sites excluding steroid dienone is 1. The SMILES string of the molecule is C=CC.CC(C)C.O=C(O)O.O=C(O)O. The fourth-order valence-corrected chi connectivity index (χ4v) is 0. The molecule has 92 valence electrons. The van der Waals surface area contributed by atoms with Gasteiger partial charge >= 0.3 is 12.3 Å². The highest BCUT2D eigenvalue weighted by Crippen LogP contribution is 1.81. The van der Waals surface area contributed by atoms with Crippen LogP contribution in [0.15, 0.2) is 12.7 Å². The molecular weight excluding hydrogens is 204 g/mol. The van der Waals surface area contributed by atoms with E-state index in [9.17, 15) is 0 Å². The van der Waals surface area contributed by atoms with Crippen LogP contribution in [0.4, 0.5) is 9.59 Å². The number of rotatable bonds is 0. The van der Waals surface area contributed by atoms with E-state index in [0.717, 1.165) is 5.92 Å². The smallest absolute Gasteiger partial charge is 0.450 e. The quantitative estimate of drug-likeness (QED) is 0.469. The van der Waals surface area contributed by atoms with E-state index in [1.807, 2.05) is 6.92 Å². The summed E-state index contributed by atoms with van der Waals surface area (Å²) in [5, 5.41) is 27.9. The Labute approximate surface area is 89.5 Å². The standard InChI is InChI=1S/C4H10.C3H6.2CH2O3/c1-4(2)3;1-3-2;2*2-1(3)4/h4H,1-3H3;3H,1H2,2H3;2*(H2,2,3,4). The first-order chi connectivity index (χ1) is 6.61. The molecule has 6 heteroatoms. The summed E-state index contributed by atoms with van der Waals surface area (Å²) >= 11 is 0. The van der Waals surface area contributed by atoms with Crippen molar-refractivity contribution in [2.45, 2.75) is 27.7 Å². The number of hydrogen-bond acceptors (Lipinski definition) is 2. The van der Waals surface area contributed by atoms with E-state index in [1.165, 1.54) is 0 Å². The fraction of sp³-hybridized carbons (Fsp3) is 0.556. The van der Waals surface area contributed by atoms with Gasteiger partial charge in [-0.3, -0.25) is 0 Å². The molecule has 15 heavy (non-hydrogen) atoms. The minimum Gasteiger partial charge on any atom is -0.450 e. The largest absolute Gasteiger partial charge is 0.503 e. The summed E-state index contributed by atoms with van der Waals surface area (Å²) in [7, 11) is 0. The molecule has 6 nitrogen and oxygen atoms in total. The molecule has 0 rings (SSSR count). The van der Waals surface area contributed by atoms with E-state index in [2.05, 4.69) is 27.4 Å². The van der Waals surface area contributed by atoms with Gasteiger partial charge in [0.1, 0.15) is 0 Å². The van der Waals surface area contributed by atoms with Gasteiger partial charge < -0.3 is 20.4 Å². The van der Waals surface area contributed by atoms with Crippen LogP contribution in [0.5, 0.6) is 0 Å². The average Bonchev–Trinajstić information content (AvgIpc) is 1.81. The zero-order valence-corrected chi connectivity index (χ0v) is 9.47. The van der Waals surface area contributed by atoms with Gasteiger partial charge in [0.2, 0.25) is 0 Å². The molecule has 0 amide bonds. The normalized spacial score (nSPS) is 6.47. The van der Waals surface area contributed by atoms with Crippen molar-refractivity contribution in [3.63, 3.8) is 0 Å². The van der Waals surface area contributed by atoms with Crippen LogP contribution in [0.1, 0.15) is 27.7 Å². The lowest BCUT2D eigenvalue weighted by atomic mass is 10.3. The minimum atomic E-state index is -1.83. The maximum atomic E-state index is 8.56. The van der Waals surface area contributed by atoms with Crippen LogP contribution in [0, 0.1) is 5.92 Å². The second kappa shape index (κ2) is 22.8. The van der Waals surface area contributed by atoms with E-state index in [0.29, 0.717) is 0 Å². The van der Waals surface area contributed by atoms with Crippen molar-refractivity contribution in [1.82, 2.24) is 0 Å². The maximum absolute atomic E-state index is 8.56. The summed E-state index contributed by atoms with van der Waals surface area (Å²) in [6, 6.07) is 0. The Morgan fingerprint density at radius 1 is 1.00 bits per heavy atom. The van der Waals surface area contributed by atoms with Crippen molar-refractivity contribution in [1.29, 1.82) is 0 Å². The lowest BCUT2D eigenvalue weighted by Crippen LogP contribution is -1.81. The van der Waals surface area contributed by atoms with Crippen LogP contribution < -0.4 is 0 Å². The topological polar surface area (TPSA) is 115 Å². The molecule has 0 aromatic heterocycles. The third-order valence-electron chi connectivity index (χ3n) is 0. The summed E-state index contributed by atoms with van der Waals surface area (Å²) in [5.74, 6) is 0.833. The summed E-state index contributed by atoms with van der Waals surface area (Å²) in [4.78, 5) is 17.1. The van der Waals surface area contributed by atoms with Gasteiger partial charge in [0.05, 0.1) is 0 Å². The third kappa shape index (κ3) is 439. The van der Waals surface area contributed by atoms with E-state index in [4.69, 9.17) is 30.0 Å². The summed E-state index contributed by atoms with van der Waals surface area (Å²) in [6.45, 7) is 11.7. The predicted molar refractivity (Wildman–Crippen MR) is 57.7 cm³/mol. The second-order valence-corrected chi connectivity index (χ2v) is 2.71. The van der Waals surface area contributed by atoms with Crippen molar-refractivity contribution < 1.29 is 30.0 Å². The van der Waals surface area contributed by atoms with Crippen molar-refractivity contribution in [2.75, 3.05) is 0 Å². The van der Waals surface area contributed by atoms with E-state index < -0.39 is 12.3 Å². The van der Waals surface area contributed by atoms with Gasteiger partial charge in [-0.25, -0.2) is 9.59 Å². The molecule has 0 radical (unpaired) electrons. The maximum Gasteiger partial charge on any atom is 0.503 e. The number of carbonyl (C=O) groups is 2. The monoisotopic (exact) mass is 224 g/mol. The van der Waals surface area contributed by atoms with Crippen LogP contribution in [-0.2, 0) is 0 Å². The van der Waals surface area contributed by atoms with Crippen molar-refractivity contribution >= 4 is 12.3 Å². The first-order valence-electron chi connectivity index (χ1n) is 4.02. The van der Waals surface area contributed by atoms with E-state index >= 15 is 0 Å². The Kier molecular flexibility index (Phi) is 35.3. The molecule has 0 bridgehead atoms. The number of hydrogen-bond donors (Lipinski definition) is 4. The Bertz CT molecular complexity index is 130. The molecule has 0 unspecified atom stereocenters. The Morgan fingerprint density at radius 2 is 1.00 bits per heavy atom. The molecular formula is C9H20O6. The third-order valence-corrected chi connectivity index (χ3v) is 0. The molecule has 0 aromatic rings. The van der Waals surface area contributed by atoms with E-state index in [1.54, 1.807) is 6.08 Å². The Hall–Kier alpha value is -1.72. The van der Waals surface area contributed by atoms with Gasteiger partial charge in [-0.05, 0) is 12.8 Å². The predicted octanol–water partition coefficient (Wildman–Crippen LogP) is 3.30. The molecule has 0 fully saturated rings. The van der Waals surface area contributed by atoms with Crippen LogP contribution in [0.3, 0.4) is 0 Å². The van der Waals surface area contributed by atoms with Crippen LogP contribution in [0.2, 0.25) is 0 Å². The summed E-state index contributed by atoms with van der Waals surface area (Å²) < 4.78 is 0. The lowest BCUT2D eigenvalue weighted by Gasteiger charge is -1.79. The number of carboxylic acid groups (broad SMARTS) is 4. The van der Waals surface area contributed by atoms with Gasteiger partial charge in [0.15, 0.2) is 0 Å². The molecule has 0 saturated heterocycles. The molecule has 0 saturated carbocycles. The van der Waals surface area contributed by atoms with Crippen LogP contribution >= 0.6 is 0 Å². The Morgan fingerprint density at radius 3 is 1.00 bits per heavy atom. The van der Waals surface area contributed by atoms with Crippen molar-refractivity contribution in [3.05, 3.63) is 12.7 Å². The minimum absolute atomic E-state index is 0.833.